The fraction of sp³-hybridized carbons (Fsp3) is 0.0385. The van der Waals surface area contributed by atoms with Crippen molar-refractivity contribution in [1.82, 2.24) is 9.78 Å². The first-order valence-corrected chi connectivity index (χ1v) is 9.40. The molecule has 2 nitrogen and oxygen atoms in total. The summed E-state index contributed by atoms with van der Waals surface area (Å²) < 4.78 is 1.94. The van der Waals surface area contributed by atoms with Gasteiger partial charge in [0.1, 0.15) is 0 Å². The lowest BCUT2D eigenvalue weighted by atomic mass is 10.0. The van der Waals surface area contributed by atoms with E-state index in [2.05, 4.69) is 97.0 Å². The first-order chi connectivity index (χ1) is 13.8. The van der Waals surface area contributed by atoms with Gasteiger partial charge in [0, 0.05) is 23.5 Å². The van der Waals surface area contributed by atoms with Crippen LogP contribution in [0.2, 0.25) is 0 Å². The standard InChI is InChI=1S/C26H22N2/c1-21-19-24(15-13-22-9-4-2-5-10-22)26(28-18-8-17-27-28)25(20-21)16-14-23-11-6-3-7-12-23/h2-20H,1H3/b15-13+,16-14+. The lowest BCUT2D eigenvalue weighted by Crippen LogP contribution is -2.01. The van der Waals surface area contributed by atoms with Crippen LogP contribution in [0.25, 0.3) is 30.0 Å². The zero-order chi connectivity index (χ0) is 19.2. The van der Waals surface area contributed by atoms with E-state index in [1.807, 2.05) is 35.3 Å². The molecule has 0 aliphatic heterocycles. The Morgan fingerprint density at radius 2 is 1.21 bits per heavy atom. The highest BCUT2D eigenvalue weighted by molar-refractivity contribution is 5.81. The molecule has 28 heavy (non-hydrogen) atoms. The molecule has 0 unspecified atom stereocenters. The third-order valence-electron chi connectivity index (χ3n) is 4.56. The van der Waals surface area contributed by atoms with E-state index in [4.69, 9.17) is 0 Å². The van der Waals surface area contributed by atoms with E-state index in [1.165, 1.54) is 16.7 Å². The summed E-state index contributed by atoms with van der Waals surface area (Å²) in [6.45, 7) is 2.13. The van der Waals surface area contributed by atoms with Crippen molar-refractivity contribution in [2.45, 2.75) is 6.92 Å². The van der Waals surface area contributed by atoms with Crippen molar-refractivity contribution in [1.29, 1.82) is 0 Å². The fourth-order valence-electron chi connectivity index (χ4n) is 3.26. The van der Waals surface area contributed by atoms with Crippen molar-refractivity contribution >= 4 is 24.3 Å². The second-order valence-corrected chi connectivity index (χ2v) is 6.73. The largest absolute Gasteiger partial charge is 0.240 e. The number of benzene rings is 3. The topological polar surface area (TPSA) is 17.8 Å². The van der Waals surface area contributed by atoms with Crippen LogP contribution < -0.4 is 0 Å². The molecule has 0 atom stereocenters. The molecule has 0 aliphatic rings. The van der Waals surface area contributed by atoms with Crippen LogP contribution in [0.1, 0.15) is 27.8 Å². The molecule has 0 spiro atoms. The number of aromatic nitrogens is 2. The van der Waals surface area contributed by atoms with Crippen LogP contribution >= 0.6 is 0 Å². The van der Waals surface area contributed by atoms with Crippen molar-refractivity contribution in [2.75, 3.05) is 0 Å². The van der Waals surface area contributed by atoms with Crippen LogP contribution in [0.5, 0.6) is 0 Å². The normalized spacial score (nSPS) is 11.5. The highest BCUT2D eigenvalue weighted by Gasteiger charge is 2.09. The summed E-state index contributed by atoms with van der Waals surface area (Å²) in [7, 11) is 0. The van der Waals surface area contributed by atoms with Crippen molar-refractivity contribution < 1.29 is 0 Å². The van der Waals surface area contributed by atoms with E-state index in [-0.39, 0.29) is 0 Å². The molecule has 0 saturated carbocycles. The highest BCUT2D eigenvalue weighted by atomic mass is 15.3. The molecule has 0 bridgehead atoms. The monoisotopic (exact) mass is 362 g/mol. The van der Waals surface area contributed by atoms with Gasteiger partial charge in [-0.05, 0) is 41.8 Å². The molecule has 4 rings (SSSR count). The van der Waals surface area contributed by atoms with Crippen LogP contribution in [-0.4, -0.2) is 9.78 Å². The molecule has 1 aromatic heterocycles. The summed E-state index contributed by atoms with van der Waals surface area (Å²) in [4.78, 5) is 0. The van der Waals surface area contributed by atoms with Crippen LogP contribution in [-0.2, 0) is 0 Å². The third kappa shape index (κ3) is 4.18. The Kier molecular flexibility index (Phi) is 5.30. The van der Waals surface area contributed by atoms with Gasteiger partial charge in [0.15, 0.2) is 0 Å². The highest BCUT2D eigenvalue weighted by Crippen LogP contribution is 2.26. The fourth-order valence-corrected chi connectivity index (χ4v) is 3.26. The Bertz CT molecular complexity index is 1020. The van der Waals surface area contributed by atoms with Gasteiger partial charge in [-0.15, -0.1) is 0 Å². The number of aryl methyl sites for hydroxylation is 1. The average Bonchev–Trinajstić information content (AvgIpc) is 3.26. The minimum Gasteiger partial charge on any atom is -0.240 e. The Morgan fingerprint density at radius 3 is 1.68 bits per heavy atom. The molecule has 0 aliphatic carbocycles. The molecule has 0 amide bonds. The lowest BCUT2D eigenvalue weighted by Gasteiger charge is -2.12. The van der Waals surface area contributed by atoms with Gasteiger partial charge in [-0.1, -0.05) is 85.0 Å². The maximum absolute atomic E-state index is 4.50. The minimum atomic E-state index is 1.08. The molecule has 136 valence electrons. The van der Waals surface area contributed by atoms with Crippen LogP contribution in [0.15, 0.2) is 91.3 Å². The quantitative estimate of drug-likeness (QED) is 0.369. The van der Waals surface area contributed by atoms with Gasteiger partial charge in [0.2, 0.25) is 0 Å². The molecule has 4 aromatic rings. The molecule has 2 heteroatoms. The van der Waals surface area contributed by atoms with E-state index in [9.17, 15) is 0 Å². The van der Waals surface area contributed by atoms with E-state index in [1.54, 1.807) is 0 Å². The second kappa shape index (κ2) is 8.36. The van der Waals surface area contributed by atoms with Gasteiger partial charge in [-0.3, -0.25) is 0 Å². The van der Waals surface area contributed by atoms with Crippen LogP contribution in [0.3, 0.4) is 0 Å². The van der Waals surface area contributed by atoms with Gasteiger partial charge < -0.3 is 0 Å². The van der Waals surface area contributed by atoms with Gasteiger partial charge in [-0.25, -0.2) is 4.68 Å². The minimum absolute atomic E-state index is 1.08. The molecule has 0 saturated heterocycles. The summed E-state index contributed by atoms with van der Waals surface area (Å²) in [5, 5.41) is 4.50. The maximum atomic E-state index is 4.50. The zero-order valence-electron chi connectivity index (χ0n) is 15.9. The summed E-state index contributed by atoms with van der Waals surface area (Å²) in [6, 6.07) is 27.1. The molecule has 0 radical (unpaired) electrons. The predicted molar refractivity (Wildman–Crippen MR) is 119 cm³/mol. The van der Waals surface area contributed by atoms with E-state index >= 15 is 0 Å². The average molecular weight is 362 g/mol. The number of rotatable bonds is 5. The van der Waals surface area contributed by atoms with Crippen LogP contribution in [0, 0.1) is 6.92 Å². The molecule has 0 fully saturated rings. The number of hydrogen-bond donors (Lipinski definition) is 0. The zero-order valence-corrected chi connectivity index (χ0v) is 15.9. The molecular weight excluding hydrogens is 340 g/mol. The van der Waals surface area contributed by atoms with Crippen molar-refractivity contribution in [3.05, 3.63) is 119 Å². The predicted octanol–water partition coefficient (Wildman–Crippen LogP) is 6.52. The first kappa shape index (κ1) is 17.7. The third-order valence-corrected chi connectivity index (χ3v) is 4.56. The van der Waals surface area contributed by atoms with Gasteiger partial charge in [0.25, 0.3) is 0 Å². The Morgan fingerprint density at radius 1 is 0.679 bits per heavy atom. The molecule has 0 N–H and O–H groups in total. The van der Waals surface area contributed by atoms with Gasteiger partial charge in [0.05, 0.1) is 5.69 Å². The summed E-state index contributed by atoms with van der Waals surface area (Å²) in [6.07, 6.45) is 12.4. The number of nitrogens with zero attached hydrogens (tertiary/aromatic N) is 2. The Balaban J connectivity index is 1.80. The van der Waals surface area contributed by atoms with E-state index in [0.717, 1.165) is 16.8 Å². The van der Waals surface area contributed by atoms with Gasteiger partial charge >= 0.3 is 0 Å². The van der Waals surface area contributed by atoms with Gasteiger partial charge in [-0.2, -0.15) is 5.10 Å². The SMILES string of the molecule is Cc1cc(/C=C/c2ccccc2)c(-n2cccn2)c(/C=C/c2ccccc2)c1. The van der Waals surface area contributed by atoms with E-state index in [0.29, 0.717) is 0 Å². The molecule has 3 aromatic carbocycles. The smallest absolute Gasteiger partial charge is 0.0790 e. The van der Waals surface area contributed by atoms with E-state index < -0.39 is 0 Å². The van der Waals surface area contributed by atoms with Crippen molar-refractivity contribution in [2.24, 2.45) is 0 Å². The maximum Gasteiger partial charge on any atom is 0.0790 e. The summed E-state index contributed by atoms with van der Waals surface area (Å²) in [5.74, 6) is 0. The summed E-state index contributed by atoms with van der Waals surface area (Å²) in [5.41, 5.74) is 6.93. The Labute approximate surface area is 166 Å². The van der Waals surface area contributed by atoms with Crippen LogP contribution in [0.4, 0.5) is 0 Å². The second-order valence-electron chi connectivity index (χ2n) is 6.73. The van der Waals surface area contributed by atoms with Crippen molar-refractivity contribution in [3.8, 4) is 5.69 Å². The van der Waals surface area contributed by atoms with Crippen molar-refractivity contribution in [3.63, 3.8) is 0 Å². The first-order valence-electron chi connectivity index (χ1n) is 9.40. The number of hydrogen-bond acceptors (Lipinski definition) is 1. The summed E-state index contributed by atoms with van der Waals surface area (Å²) >= 11 is 0. The lowest BCUT2D eigenvalue weighted by molar-refractivity contribution is 0.876. The Hall–Kier alpha value is -3.65. The molecular formula is C26H22N2. The molecule has 1 heterocycles.